The molecule has 0 amide bonds. The van der Waals surface area contributed by atoms with Gasteiger partial charge in [-0.1, -0.05) is 30.3 Å². The first-order valence-corrected chi connectivity index (χ1v) is 9.79. The second-order valence-corrected chi connectivity index (χ2v) is 7.52. The van der Waals surface area contributed by atoms with Gasteiger partial charge in [0.2, 0.25) is 0 Å². The van der Waals surface area contributed by atoms with Crippen LogP contribution in [0.25, 0.3) is 0 Å². The molecule has 3 nitrogen and oxygen atoms in total. The molecule has 2 aliphatic heterocycles. The number of hydrogen-bond donors (Lipinski definition) is 0. The van der Waals surface area contributed by atoms with Gasteiger partial charge in [-0.25, -0.2) is 4.39 Å². The highest BCUT2D eigenvalue weighted by Gasteiger charge is 2.28. The number of likely N-dealkylation sites (tertiary alicyclic amines) is 1. The van der Waals surface area contributed by atoms with Crippen LogP contribution in [-0.2, 0) is 6.54 Å². The fourth-order valence-electron chi connectivity index (χ4n) is 4.35. The lowest BCUT2D eigenvalue weighted by molar-refractivity contribution is 0.0887. The lowest BCUT2D eigenvalue weighted by atomic mass is 10.0. The SMILES string of the molecule is Fc1cccc(CN2CCC[C@@H](N3CCN(c4ccccc4)CC3)C2)c1. The predicted molar refractivity (Wildman–Crippen MR) is 105 cm³/mol. The van der Waals surface area contributed by atoms with Crippen molar-refractivity contribution < 1.29 is 4.39 Å². The van der Waals surface area contributed by atoms with E-state index in [2.05, 4.69) is 45.0 Å². The van der Waals surface area contributed by atoms with Crippen LogP contribution in [-0.4, -0.2) is 55.1 Å². The third-order valence-electron chi connectivity index (χ3n) is 5.73. The summed E-state index contributed by atoms with van der Waals surface area (Å²) >= 11 is 0. The lowest BCUT2D eigenvalue weighted by Gasteiger charge is -2.44. The molecule has 2 aromatic carbocycles. The summed E-state index contributed by atoms with van der Waals surface area (Å²) in [5.74, 6) is -0.131. The predicted octanol–water partition coefficient (Wildman–Crippen LogP) is 3.61. The van der Waals surface area contributed by atoms with Crippen molar-refractivity contribution in [2.45, 2.75) is 25.4 Å². The van der Waals surface area contributed by atoms with Gasteiger partial charge in [-0.3, -0.25) is 9.80 Å². The van der Waals surface area contributed by atoms with Gasteiger partial charge in [-0.2, -0.15) is 0 Å². The van der Waals surface area contributed by atoms with Crippen molar-refractivity contribution >= 4 is 5.69 Å². The summed E-state index contributed by atoms with van der Waals surface area (Å²) in [5.41, 5.74) is 2.42. The van der Waals surface area contributed by atoms with Gasteiger partial charge in [-0.15, -0.1) is 0 Å². The summed E-state index contributed by atoms with van der Waals surface area (Å²) in [5, 5.41) is 0. The third kappa shape index (κ3) is 4.25. The second-order valence-electron chi connectivity index (χ2n) is 7.52. The van der Waals surface area contributed by atoms with Crippen molar-refractivity contribution in [1.29, 1.82) is 0 Å². The van der Waals surface area contributed by atoms with Crippen molar-refractivity contribution in [1.82, 2.24) is 9.80 Å². The average molecular weight is 353 g/mol. The molecule has 0 bridgehead atoms. The summed E-state index contributed by atoms with van der Waals surface area (Å²) < 4.78 is 13.4. The number of anilines is 1. The van der Waals surface area contributed by atoms with Gasteiger partial charge in [0.1, 0.15) is 5.82 Å². The van der Waals surface area contributed by atoms with E-state index in [1.807, 2.05) is 12.1 Å². The maximum Gasteiger partial charge on any atom is 0.123 e. The number of benzene rings is 2. The molecule has 26 heavy (non-hydrogen) atoms. The van der Waals surface area contributed by atoms with E-state index in [1.165, 1.54) is 24.6 Å². The molecule has 1 atom stereocenters. The minimum atomic E-state index is -0.131. The first-order valence-electron chi connectivity index (χ1n) is 9.79. The Labute approximate surface area is 156 Å². The summed E-state index contributed by atoms with van der Waals surface area (Å²) in [6, 6.07) is 18.4. The minimum Gasteiger partial charge on any atom is -0.369 e. The van der Waals surface area contributed by atoms with Crippen molar-refractivity contribution in [3.8, 4) is 0 Å². The number of nitrogens with zero attached hydrogens (tertiary/aromatic N) is 3. The smallest absolute Gasteiger partial charge is 0.123 e. The number of halogens is 1. The Balaban J connectivity index is 1.31. The fraction of sp³-hybridized carbons (Fsp3) is 0.455. The molecule has 0 aliphatic carbocycles. The van der Waals surface area contributed by atoms with Gasteiger partial charge in [0.05, 0.1) is 0 Å². The molecule has 2 saturated heterocycles. The number of hydrogen-bond acceptors (Lipinski definition) is 3. The van der Waals surface area contributed by atoms with Crippen LogP contribution in [0.3, 0.4) is 0 Å². The zero-order valence-corrected chi connectivity index (χ0v) is 15.4. The number of piperazine rings is 1. The van der Waals surface area contributed by atoms with Gasteiger partial charge in [0.15, 0.2) is 0 Å². The molecule has 4 heteroatoms. The van der Waals surface area contributed by atoms with Crippen LogP contribution in [0.4, 0.5) is 10.1 Å². The highest BCUT2D eigenvalue weighted by atomic mass is 19.1. The van der Waals surface area contributed by atoms with Gasteiger partial charge >= 0.3 is 0 Å². The highest BCUT2D eigenvalue weighted by molar-refractivity contribution is 5.46. The highest BCUT2D eigenvalue weighted by Crippen LogP contribution is 2.22. The van der Waals surface area contributed by atoms with E-state index in [1.54, 1.807) is 6.07 Å². The van der Waals surface area contributed by atoms with Gasteiger partial charge in [-0.05, 0) is 49.2 Å². The van der Waals surface area contributed by atoms with Crippen molar-refractivity contribution in [2.75, 3.05) is 44.2 Å². The molecule has 0 N–H and O–H groups in total. The zero-order valence-electron chi connectivity index (χ0n) is 15.4. The van der Waals surface area contributed by atoms with Crippen LogP contribution in [0.15, 0.2) is 54.6 Å². The normalized spacial score (nSPS) is 22.5. The Kier molecular flexibility index (Phi) is 5.51. The Bertz CT molecular complexity index is 698. The Morgan fingerprint density at radius 1 is 0.885 bits per heavy atom. The van der Waals surface area contributed by atoms with Gasteiger partial charge in [0.25, 0.3) is 0 Å². The van der Waals surface area contributed by atoms with E-state index in [-0.39, 0.29) is 5.82 Å². The largest absolute Gasteiger partial charge is 0.369 e. The molecule has 2 fully saturated rings. The fourth-order valence-corrected chi connectivity index (χ4v) is 4.35. The summed E-state index contributed by atoms with van der Waals surface area (Å²) in [7, 11) is 0. The second kappa shape index (κ2) is 8.19. The molecular weight excluding hydrogens is 325 g/mol. The van der Waals surface area contributed by atoms with E-state index >= 15 is 0 Å². The van der Waals surface area contributed by atoms with E-state index in [9.17, 15) is 4.39 Å². The molecule has 0 aromatic heterocycles. The zero-order chi connectivity index (χ0) is 17.8. The molecule has 0 saturated carbocycles. The Morgan fingerprint density at radius 3 is 2.46 bits per heavy atom. The van der Waals surface area contributed by atoms with Gasteiger partial charge in [0, 0.05) is 51.0 Å². The van der Waals surface area contributed by atoms with Crippen molar-refractivity contribution in [3.05, 3.63) is 66.0 Å². The van der Waals surface area contributed by atoms with E-state index < -0.39 is 0 Å². The van der Waals surface area contributed by atoms with E-state index in [0.717, 1.165) is 51.4 Å². The van der Waals surface area contributed by atoms with Crippen LogP contribution in [0, 0.1) is 5.82 Å². The van der Waals surface area contributed by atoms with Crippen LogP contribution >= 0.6 is 0 Å². The first kappa shape index (κ1) is 17.5. The topological polar surface area (TPSA) is 9.72 Å². The van der Waals surface area contributed by atoms with Crippen molar-refractivity contribution in [3.63, 3.8) is 0 Å². The molecule has 138 valence electrons. The van der Waals surface area contributed by atoms with Crippen LogP contribution in [0.5, 0.6) is 0 Å². The van der Waals surface area contributed by atoms with E-state index in [4.69, 9.17) is 0 Å². The first-order chi connectivity index (χ1) is 12.8. The third-order valence-corrected chi connectivity index (χ3v) is 5.73. The minimum absolute atomic E-state index is 0.131. The number of piperidine rings is 1. The summed E-state index contributed by atoms with van der Waals surface area (Å²) in [4.78, 5) is 7.65. The molecule has 2 heterocycles. The average Bonchev–Trinajstić information content (AvgIpc) is 2.69. The van der Waals surface area contributed by atoms with E-state index in [0.29, 0.717) is 6.04 Å². The number of rotatable bonds is 4. The maximum atomic E-state index is 13.4. The molecular formula is C22H28FN3. The Hall–Kier alpha value is -1.91. The van der Waals surface area contributed by atoms with Crippen LogP contribution < -0.4 is 4.90 Å². The number of para-hydroxylation sites is 1. The van der Waals surface area contributed by atoms with Crippen molar-refractivity contribution in [2.24, 2.45) is 0 Å². The lowest BCUT2D eigenvalue weighted by Crippen LogP contribution is -2.55. The summed E-state index contributed by atoms with van der Waals surface area (Å²) in [6.07, 6.45) is 2.52. The molecule has 0 spiro atoms. The quantitative estimate of drug-likeness (QED) is 0.831. The van der Waals surface area contributed by atoms with Crippen LogP contribution in [0.2, 0.25) is 0 Å². The summed E-state index contributed by atoms with van der Waals surface area (Å²) in [6.45, 7) is 7.55. The molecule has 2 aliphatic rings. The molecule has 0 radical (unpaired) electrons. The van der Waals surface area contributed by atoms with Gasteiger partial charge < -0.3 is 4.90 Å². The molecule has 4 rings (SSSR count). The molecule has 0 unspecified atom stereocenters. The standard InChI is InChI=1S/C22H28FN3/c23-20-7-4-6-19(16-20)17-24-11-5-10-22(18-24)26-14-12-25(13-15-26)21-8-2-1-3-9-21/h1-4,6-9,16,22H,5,10-15,17-18H2/t22-/m1/s1. The molecule has 2 aromatic rings. The van der Waals surface area contributed by atoms with Crippen LogP contribution in [0.1, 0.15) is 18.4 Å². The Morgan fingerprint density at radius 2 is 1.69 bits per heavy atom. The maximum absolute atomic E-state index is 13.4. The monoisotopic (exact) mass is 353 g/mol.